The second-order valence-corrected chi connectivity index (χ2v) is 10.3. The van der Waals surface area contributed by atoms with Crippen LogP contribution >= 0.6 is 11.6 Å². The summed E-state index contributed by atoms with van der Waals surface area (Å²) in [5, 5.41) is 3.32. The highest BCUT2D eigenvalue weighted by Gasteiger charge is 2.32. The minimum atomic E-state index is -3.70. The number of sulfonamides is 1. The molecule has 8 nitrogen and oxygen atoms in total. The molecule has 10 heteroatoms. The summed E-state index contributed by atoms with van der Waals surface area (Å²) >= 11 is 5.84. The van der Waals surface area contributed by atoms with Crippen molar-refractivity contribution in [2.75, 3.05) is 26.2 Å². The molecule has 2 unspecified atom stereocenters. The maximum atomic E-state index is 12.9. The average molecular weight is 495 g/mol. The summed E-state index contributed by atoms with van der Waals surface area (Å²) in [6.45, 7) is 4.15. The number of nitrogens with one attached hydrogen (secondary N) is 1. The molecule has 1 N–H and O–H groups in total. The van der Waals surface area contributed by atoms with Gasteiger partial charge in [-0.2, -0.15) is 4.31 Å². The fourth-order valence-corrected chi connectivity index (χ4v) is 5.22. The van der Waals surface area contributed by atoms with Crippen molar-refractivity contribution >= 4 is 33.5 Å². The predicted octanol–water partition coefficient (Wildman–Crippen LogP) is 2.65. The summed E-state index contributed by atoms with van der Waals surface area (Å²) in [5.74, 6) is -1.13. The molecule has 0 aliphatic carbocycles. The van der Waals surface area contributed by atoms with Crippen molar-refractivity contribution < 1.29 is 27.5 Å². The first-order valence-electron chi connectivity index (χ1n) is 10.6. The largest absolute Gasteiger partial charge is 0.452 e. The number of carbonyl (C=O) groups is 2. The fraction of sp³-hybridized carbons (Fsp3) is 0.391. The average Bonchev–Trinajstić information content (AvgIpc) is 2.78. The van der Waals surface area contributed by atoms with Gasteiger partial charge in [-0.3, -0.25) is 4.79 Å². The van der Waals surface area contributed by atoms with Gasteiger partial charge in [-0.1, -0.05) is 23.7 Å². The molecule has 2 atom stereocenters. The Kier molecular flexibility index (Phi) is 8.47. The van der Waals surface area contributed by atoms with Crippen molar-refractivity contribution in [2.45, 2.75) is 37.4 Å². The summed E-state index contributed by atoms with van der Waals surface area (Å²) in [5.41, 5.74) is 1.18. The Labute approximate surface area is 198 Å². The molecule has 1 aliphatic rings. The third-order valence-electron chi connectivity index (χ3n) is 5.10. The lowest BCUT2D eigenvalue weighted by Gasteiger charge is -2.34. The van der Waals surface area contributed by atoms with E-state index in [1.807, 2.05) is 26.0 Å². The number of amides is 1. The van der Waals surface area contributed by atoms with Crippen LogP contribution in [-0.4, -0.2) is 63.0 Å². The third-order valence-corrected chi connectivity index (χ3v) is 7.20. The molecular formula is C23H27ClN2O6S. The van der Waals surface area contributed by atoms with E-state index in [4.69, 9.17) is 21.1 Å². The Balaban J connectivity index is 1.48. The standard InChI is InChI=1S/C23H27ClN2O6S/c1-16-13-26(14-17(2)32-16)33(29,30)21-9-5-19(6-10-21)23(28)31-15-22(27)25-12-11-18-3-7-20(24)8-4-18/h3-10,16-17H,11-15H2,1-2H3,(H,25,27). The van der Waals surface area contributed by atoms with Gasteiger partial charge in [-0.15, -0.1) is 0 Å². The predicted molar refractivity (Wildman–Crippen MR) is 124 cm³/mol. The summed E-state index contributed by atoms with van der Waals surface area (Å²) < 4.78 is 37.8. The molecule has 2 aromatic rings. The van der Waals surface area contributed by atoms with Gasteiger partial charge < -0.3 is 14.8 Å². The van der Waals surface area contributed by atoms with E-state index in [1.54, 1.807) is 12.1 Å². The van der Waals surface area contributed by atoms with Crippen molar-refractivity contribution in [3.05, 3.63) is 64.7 Å². The number of nitrogens with zero attached hydrogens (tertiary/aromatic N) is 1. The number of carbonyl (C=O) groups excluding carboxylic acids is 2. The molecule has 33 heavy (non-hydrogen) atoms. The smallest absolute Gasteiger partial charge is 0.338 e. The molecule has 178 valence electrons. The summed E-state index contributed by atoms with van der Waals surface area (Å²) in [4.78, 5) is 24.2. The molecule has 1 heterocycles. The van der Waals surface area contributed by atoms with Gasteiger partial charge in [0.25, 0.3) is 5.91 Å². The Morgan fingerprint density at radius 2 is 1.67 bits per heavy atom. The van der Waals surface area contributed by atoms with Crippen molar-refractivity contribution in [3.8, 4) is 0 Å². The van der Waals surface area contributed by atoms with Crippen LogP contribution in [0.25, 0.3) is 0 Å². The summed E-state index contributed by atoms with van der Waals surface area (Å²) in [7, 11) is -3.70. The first-order chi connectivity index (χ1) is 15.6. The minimum Gasteiger partial charge on any atom is -0.452 e. The van der Waals surface area contributed by atoms with Crippen LogP contribution in [0.1, 0.15) is 29.8 Å². The lowest BCUT2D eigenvalue weighted by molar-refractivity contribution is -0.124. The van der Waals surface area contributed by atoms with E-state index in [-0.39, 0.29) is 35.8 Å². The second kappa shape index (κ2) is 11.1. The van der Waals surface area contributed by atoms with Crippen LogP contribution in [0.3, 0.4) is 0 Å². The highest BCUT2D eigenvalue weighted by atomic mass is 35.5. The quantitative estimate of drug-likeness (QED) is 0.566. The van der Waals surface area contributed by atoms with E-state index in [2.05, 4.69) is 5.32 Å². The van der Waals surface area contributed by atoms with Crippen molar-refractivity contribution in [2.24, 2.45) is 0 Å². The summed E-state index contributed by atoms with van der Waals surface area (Å²) in [6.07, 6.45) is 0.221. The number of morpholine rings is 1. The van der Waals surface area contributed by atoms with Crippen LogP contribution in [0, 0.1) is 0 Å². The van der Waals surface area contributed by atoms with Crippen LogP contribution < -0.4 is 5.32 Å². The Hall–Kier alpha value is -2.46. The van der Waals surface area contributed by atoms with Crippen LogP contribution in [0.15, 0.2) is 53.4 Å². The van der Waals surface area contributed by atoms with Crippen molar-refractivity contribution in [3.63, 3.8) is 0 Å². The Bertz CT molecular complexity index is 1060. The molecule has 1 amide bonds. The van der Waals surface area contributed by atoms with Gasteiger partial charge in [0.2, 0.25) is 10.0 Å². The van der Waals surface area contributed by atoms with E-state index in [1.165, 1.54) is 28.6 Å². The SMILES string of the molecule is CC1CN(S(=O)(=O)c2ccc(C(=O)OCC(=O)NCCc3ccc(Cl)cc3)cc2)CC(C)O1. The highest BCUT2D eigenvalue weighted by Crippen LogP contribution is 2.21. The number of ether oxygens (including phenoxy) is 2. The molecule has 0 bridgehead atoms. The van der Waals surface area contributed by atoms with E-state index < -0.39 is 28.5 Å². The monoisotopic (exact) mass is 494 g/mol. The highest BCUT2D eigenvalue weighted by molar-refractivity contribution is 7.89. The molecule has 1 saturated heterocycles. The molecule has 1 aliphatic heterocycles. The Morgan fingerprint density at radius 1 is 1.06 bits per heavy atom. The lowest BCUT2D eigenvalue weighted by atomic mass is 10.1. The number of hydrogen-bond donors (Lipinski definition) is 1. The number of halogens is 1. The molecule has 1 fully saturated rings. The zero-order chi connectivity index (χ0) is 24.0. The molecule has 0 spiro atoms. The van der Waals surface area contributed by atoms with Crippen LogP contribution in [-0.2, 0) is 30.7 Å². The maximum Gasteiger partial charge on any atom is 0.338 e. The fourth-order valence-electron chi connectivity index (χ4n) is 3.50. The van der Waals surface area contributed by atoms with E-state index in [0.29, 0.717) is 18.0 Å². The minimum absolute atomic E-state index is 0.0836. The molecular weight excluding hydrogens is 468 g/mol. The zero-order valence-corrected chi connectivity index (χ0v) is 20.1. The van der Waals surface area contributed by atoms with Gasteiger partial charge in [0.15, 0.2) is 6.61 Å². The molecule has 0 saturated carbocycles. The van der Waals surface area contributed by atoms with Crippen LogP contribution in [0.4, 0.5) is 0 Å². The first kappa shape index (κ1) is 25.2. The third kappa shape index (κ3) is 7.01. The molecule has 3 rings (SSSR count). The van der Waals surface area contributed by atoms with Crippen molar-refractivity contribution in [1.29, 1.82) is 0 Å². The zero-order valence-electron chi connectivity index (χ0n) is 18.5. The second-order valence-electron chi connectivity index (χ2n) is 7.91. The summed E-state index contributed by atoms with van der Waals surface area (Å²) in [6, 6.07) is 12.8. The lowest BCUT2D eigenvalue weighted by Crippen LogP contribution is -2.48. The van der Waals surface area contributed by atoms with Crippen molar-refractivity contribution in [1.82, 2.24) is 9.62 Å². The number of rotatable bonds is 8. The van der Waals surface area contributed by atoms with Gasteiger partial charge in [-0.25, -0.2) is 13.2 Å². The number of hydrogen-bond acceptors (Lipinski definition) is 6. The Morgan fingerprint density at radius 3 is 2.27 bits per heavy atom. The van der Waals surface area contributed by atoms with Gasteiger partial charge >= 0.3 is 5.97 Å². The maximum absolute atomic E-state index is 12.9. The normalized spacial score (nSPS) is 19.1. The van der Waals surface area contributed by atoms with Gasteiger partial charge in [0.1, 0.15) is 0 Å². The van der Waals surface area contributed by atoms with Gasteiger partial charge in [0.05, 0.1) is 22.7 Å². The van der Waals surface area contributed by atoms with E-state index >= 15 is 0 Å². The van der Waals surface area contributed by atoms with Crippen LogP contribution in [0.2, 0.25) is 5.02 Å². The molecule has 2 aromatic carbocycles. The topological polar surface area (TPSA) is 102 Å². The number of benzene rings is 2. The van der Waals surface area contributed by atoms with Gasteiger partial charge in [0, 0.05) is 24.7 Å². The molecule has 0 radical (unpaired) electrons. The van der Waals surface area contributed by atoms with E-state index in [9.17, 15) is 18.0 Å². The van der Waals surface area contributed by atoms with Gasteiger partial charge in [-0.05, 0) is 62.2 Å². The van der Waals surface area contributed by atoms with E-state index in [0.717, 1.165) is 5.56 Å². The first-order valence-corrected chi connectivity index (χ1v) is 12.4. The number of esters is 1. The molecule has 0 aromatic heterocycles. The van der Waals surface area contributed by atoms with Crippen LogP contribution in [0.5, 0.6) is 0 Å².